The van der Waals surface area contributed by atoms with E-state index in [9.17, 15) is 0 Å². The molecule has 0 unspecified atom stereocenters. The summed E-state index contributed by atoms with van der Waals surface area (Å²) in [5.74, 6) is 0. The van der Waals surface area contributed by atoms with Crippen molar-refractivity contribution in [2.24, 2.45) is 0 Å². The molecule has 2 nitrogen and oxygen atoms in total. The highest BCUT2D eigenvalue weighted by molar-refractivity contribution is 4.73. The monoisotopic (exact) mass is 173 g/mol. The van der Waals surface area contributed by atoms with Crippen molar-refractivity contribution in [2.45, 2.75) is 46.7 Å². The largest absolute Gasteiger partial charge is 0.379 e. The standard InChI is InChI=1S/C8H17NO.C2H6/c1-7(2)9-4-5-10-6-8(9)3;1-2/h7-8H,4-6H2,1-3H3;1-2H3/t8-;/m0./s1. The van der Waals surface area contributed by atoms with Crippen LogP contribution in [0.3, 0.4) is 0 Å². The first-order chi connectivity index (χ1) is 5.72. The molecular weight excluding hydrogens is 150 g/mol. The molecule has 0 aromatic heterocycles. The van der Waals surface area contributed by atoms with Crippen molar-refractivity contribution in [2.75, 3.05) is 19.8 Å². The van der Waals surface area contributed by atoms with E-state index in [1.165, 1.54) is 0 Å². The molecule has 2 heteroatoms. The zero-order chi connectivity index (χ0) is 9.56. The molecule has 0 aromatic rings. The second-order valence-electron chi connectivity index (χ2n) is 3.26. The van der Waals surface area contributed by atoms with Crippen LogP contribution in [-0.4, -0.2) is 36.7 Å². The van der Waals surface area contributed by atoms with Crippen LogP contribution in [0.15, 0.2) is 0 Å². The van der Waals surface area contributed by atoms with E-state index >= 15 is 0 Å². The number of hydrogen-bond acceptors (Lipinski definition) is 2. The molecule has 1 rings (SSSR count). The molecule has 1 atom stereocenters. The van der Waals surface area contributed by atoms with E-state index in [4.69, 9.17) is 4.74 Å². The van der Waals surface area contributed by atoms with Crippen molar-refractivity contribution in [3.05, 3.63) is 0 Å². The van der Waals surface area contributed by atoms with Gasteiger partial charge in [-0.3, -0.25) is 4.90 Å². The van der Waals surface area contributed by atoms with E-state index in [0.717, 1.165) is 19.8 Å². The Kier molecular flexibility index (Phi) is 6.39. The quantitative estimate of drug-likeness (QED) is 0.602. The summed E-state index contributed by atoms with van der Waals surface area (Å²) in [6.07, 6.45) is 0. The van der Waals surface area contributed by atoms with Crippen molar-refractivity contribution in [3.8, 4) is 0 Å². The van der Waals surface area contributed by atoms with E-state index in [1.54, 1.807) is 0 Å². The van der Waals surface area contributed by atoms with Crippen molar-refractivity contribution in [1.29, 1.82) is 0 Å². The first-order valence-electron chi connectivity index (χ1n) is 5.05. The van der Waals surface area contributed by atoms with Crippen LogP contribution in [0.25, 0.3) is 0 Å². The molecule has 12 heavy (non-hydrogen) atoms. The lowest BCUT2D eigenvalue weighted by Crippen LogP contribution is -2.47. The van der Waals surface area contributed by atoms with E-state index in [2.05, 4.69) is 25.7 Å². The van der Waals surface area contributed by atoms with Crippen LogP contribution in [0.5, 0.6) is 0 Å². The number of nitrogens with zero attached hydrogens (tertiary/aromatic N) is 1. The normalized spacial score (nSPS) is 25.0. The third-order valence-corrected chi connectivity index (χ3v) is 2.08. The molecule has 0 spiro atoms. The van der Waals surface area contributed by atoms with E-state index in [-0.39, 0.29) is 0 Å². The van der Waals surface area contributed by atoms with Crippen molar-refractivity contribution in [3.63, 3.8) is 0 Å². The zero-order valence-electron chi connectivity index (χ0n) is 9.13. The maximum Gasteiger partial charge on any atom is 0.0619 e. The Bertz CT molecular complexity index is 104. The first kappa shape index (κ1) is 11.9. The fourth-order valence-electron chi connectivity index (χ4n) is 1.51. The minimum atomic E-state index is 0.605. The minimum Gasteiger partial charge on any atom is -0.379 e. The second kappa shape index (κ2) is 6.44. The van der Waals surface area contributed by atoms with Crippen molar-refractivity contribution in [1.82, 2.24) is 4.90 Å². The SMILES string of the molecule is CC.CC(C)N1CCOC[C@@H]1C. The highest BCUT2D eigenvalue weighted by Gasteiger charge is 2.20. The van der Waals surface area contributed by atoms with Gasteiger partial charge in [-0.15, -0.1) is 0 Å². The topological polar surface area (TPSA) is 12.5 Å². The van der Waals surface area contributed by atoms with E-state index < -0.39 is 0 Å². The molecule has 1 aliphatic rings. The lowest BCUT2D eigenvalue weighted by atomic mass is 10.2. The molecule has 0 N–H and O–H groups in total. The Hall–Kier alpha value is -0.0800. The Morgan fingerprint density at radius 2 is 1.92 bits per heavy atom. The van der Waals surface area contributed by atoms with Gasteiger partial charge in [-0.25, -0.2) is 0 Å². The summed E-state index contributed by atoms with van der Waals surface area (Å²) in [5.41, 5.74) is 0. The molecule has 0 radical (unpaired) electrons. The van der Waals surface area contributed by atoms with Gasteiger partial charge in [-0.2, -0.15) is 0 Å². The molecule has 74 valence electrons. The summed E-state index contributed by atoms with van der Waals surface area (Å²) >= 11 is 0. The van der Waals surface area contributed by atoms with Gasteiger partial charge >= 0.3 is 0 Å². The second-order valence-corrected chi connectivity index (χ2v) is 3.26. The fourth-order valence-corrected chi connectivity index (χ4v) is 1.51. The van der Waals surface area contributed by atoms with Crippen LogP contribution < -0.4 is 0 Å². The summed E-state index contributed by atoms with van der Waals surface area (Å²) < 4.78 is 5.32. The maximum absolute atomic E-state index is 5.32. The summed E-state index contributed by atoms with van der Waals surface area (Å²) in [6.45, 7) is 13.6. The molecule has 1 saturated heterocycles. The molecule has 1 aliphatic heterocycles. The van der Waals surface area contributed by atoms with Gasteiger partial charge in [0.25, 0.3) is 0 Å². The smallest absolute Gasteiger partial charge is 0.0619 e. The van der Waals surface area contributed by atoms with Crippen LogP contribution in [0.1, 0.15) is 34.6 Å². The molecule has 0 amide bonds. The summed E-state index contributed by atoms with van der Waals surface area (Å²) in [4.78, 5) is 2.48. The minimum absolute atomic E-state index is 0.605. The molecule has 0 bridgehead atoms. The lowest BCUT2D eigenvalue weighted by Gasteiger charge is -2.36. The highest BCUT2D eigenvalue weighted by Crippen LogP contribution is 2.09. The first-order valence-corrected chi connectivity index (χ1v) is 5.05. The number of rotatable bonds is 1. The van der Waals surface area contributed by atoms with Gasteiger partial charge in [0.15, 0.2) is 0 Å². The van der Waals surface area contributed by atoms with Gasteiger partial charge < -0.3 is 4.74 Å². The highest BCUT2D eigenvalue weighted by atomic mass is 16.5. The van der Waals surface area contributed by atoms with Crippen molar-refractivity contribution >= 4 is 0 Å². The van der Waals surface area contributed by atoms with Gasteiger partial charge in [0.2, 0.25) is 0 Å². The Balaban J connectivity index is 0.000000561. The Labute approximate surface area is 76.9 Å². The molecule has 0 saturated carbocycles. The van der Waals surface area contributed by atoms with Gasteiger partial charge in [0, 0.05) is 18.6 Å². The average molecular weight is 173 g/mol. The van der Waals surface area contributed by atoms with Crippen LogP contribution in [0.2, 0.25) is 0 Å². The number of ether oxygens (including phenoxy) is 1. The van der Waals surface area contributed by atoms with E-state index in [0.29, 0.717) is 12.1 Å². The van der Waals surface area contributed by atoms with E-state index in [1.807, 2.05) is 13.8 Å². The van der Waals surface area contributed by atoms with Gasteiger partial charge in [-0.05, 0) is 20.8 Å². The predicted octanol–water partition coefficient (Wildman–Crippen LogP) is 2.14. The van der Waals surface area contributed by atoms with Crippen LogP contribution in [0.4, 0.5) is 0 Å². The zero-order valence-corrected chi connectivity index (χ0v) is 9.13. The summed E-state index contributed by atoms with van der Waals surface area (Å²) in [6, 6.07) is 1.27. The van der Waals surface area contributed by atoms with Crippen LogP contribution in [0, 0.1) is 0 Å². The Morgan fingerprint density at radius 1 is 1.33 bits per heavy atom. The van der Waals surface area contributed by atoms with Gasteiger partial charge in [0.05, 0.1) is 13.2 Å². The fraction of sp³-hybridized carbons (Fsp3) is 1.00. The van der Waals surface area contributed by atoms with Gasteiger partial charge in [-0.1, -0.05) is 13.8 Å². The third kappa shape index (κ3) is 3.55. The number of hydrogen-bond donors (Lipinski definition) is 0. The molecule has 1 fully saturated rings. The predicted molar refractivity (Wildman–Crippen MR) is 53.5 cm³/mol. The lowest BCUT2D eigenvalue weighted by molar-refractivity contribution is -0.0149. The van der Waals surface area contributed by atoms with Crippen molar-refractivity contribution < 1.29 is 4.74 Å². The molecule has 0 aliphatic carbocycles. The molecule has 1 heterocycles. The third-order valence-electron chi connectivity index (χ3n) is 2.08. The maximum atomic E-state index is 5.32. The molecule has 0 aromatic carbocycles. The summed E-state index contributed by atoms with van der Waals surface area (Å²) in [5, 5.41) is 0. The Morgan fingerprint density at radius 3 is 2.25 bits per heavy atom. The summed E-state index contributed by atoms with van der Waals surface area (Å²) in [7, 11) is 0. The van der Waals surface area contributed by atoms with Gasteiger partial charge in [0.1, 0.15) is 0 Å². The van der Waals surface area contributed by atoms with Crippen LogP contribution >= 0.6 is 0 Å². The average Bonchev–Trinajstić information content (AvgIpc) is 2.08. The number of morpholine rings is 1. The molecular formula is C10H23NO. The van der Waals surface area contributed by atoms with Crippen LogP contribution in [-0.2, 0) is 4.74 Å².